The van der Waals surface area contributed by atoms with Gasteiger partial charge >= 0.3 is 6.01 Å². The molecule has 0 bridgehead atoms. The highest BCUT2D eigenvalue weighted by molar-refractivity contribution is 5.90. The quantitative estimate of drug-likeness (QED) is 0.323. The lowest BCUT2D eigenvalue weighted by Gasteiger charge is -2.37. The number of aryl methyl sites for hydroxylation is 2. The molecule has 2 atom stereocenters. The van der Waals surface area contributed by atoms with Gasteiger partial charge in [-0.05, 0) is 79.9 Å². The number of anilines is 1. The minimum Gasteiger partial charge on any atom is -0.461 e. The molecule has 4 aliphatic heterocycles. The zero-order chi connectivity index (χ0) is 29.7. The fourth-order valence-electron chi connectivity index (χ4n) is 8.64. The third-order valence-corrected chi connectivity index (χ3v) is 10.8. The Morgan fingerprint density at radius 3 is 2.66 bits per heavy atom. The molecule has 0 aliphatic carbocycles. The number of piperidine rings is 1. The molecule has 230 valence electrons. The van der Waals surface area contributed by atoms with Gasteiger partial charge in [-0.1, -0.05) is 48.5 Å². The summed E-state index contributed by atoms with van der Waals surface area (Å²) in [7, 11) is 1.95. The number of aromatic nitrogens is 5. The summed E-state index contributed by atoms with van der Waals surface area (Å²) in [5.41, 5.74) is 6.31. The van der Waals surface area contributed by atoms with Crippen LogP contribution in [0.15, 0.2) is 42.6 Å². The molecule has 0 spiro atoms. The Balaban J connectivity index is 1.22. The van der Waals surface area contributed by atoms with Gasteiger partial charge in [-0.25, -0.2) is 0 Å². The van der Waals surface area contributed by atoms with Crippen LogP contribution in [-0.4, -0.2) is 74.7 Å². The molecule has 2 unspecified atom stereocenters. The molecule has 6 heterocycles. The van der Waals surface area contributed by atoms with Gasteiger partial charge in [0.15, 0.2) is 0 Å². The first-order chi connectivity index (χ1) is 21.6. The van der Waals surface area contributed by atoms with Crippen molar-refractivity contribution in [2.75, 3.05) is 44.2 Å². The zero-order valence-electron chi connectivity index (χ0n) is 26.1. The molecule has 8 rings (SSSR count). The van der Waals surface area contributed by atoms with Crippen LogP contribution >= 0.6 is 0 Å². The number of ether oxygens (including phenoxy) is 1. The van der Waals surface area contributed by atoms with E-state index in [9.17, 15) is 0 Å². The van der Waals surface area contributed by atoms with Gasteiger partial charge in [0.1, 0.15) is 12.4 Å². The van der Waals surface area contributed by atoms with Crippen LogP contribution in [0, 0.1) is 0 Å². The Bertz CT molecular complexity index is 1650. The van der Waals surface area contributed by atoms with Gasteiger partial charge in [-0.2, -0.15) is 9.97 Å². The molecule has 0 saturated carbocycles. The van der Waals surface area contributed by atoms with Gasteiger partial charge in [-0.3, -0.25) is 9.58 Å². The predicted molar refractivity (Wildman–Crippen MR) is 172 cm³/mol. The number of hydrogen-bond acceptors (Lipinski definition) is 8. The number of nitrogens with one attached hydrogen (secondary N) is 1. The normalized spacial score (nSPS) is 23.2. The lowest BCUT2D eigenvalue weighted by molar-refractivity contribution is 0.107. The lowest BCUT2D eigenvalue weighted by atomic mass is 9.83. The smallest absolute Gasteiger partial charge is 0.318 e. The van der Waals surface area contributed by atoms with Crippen LogP contribution in [-0.2, 0) is 20.0 Å². The summed E-state index contributed by atoms with van der Waals surface area (Å²) in [5.74, 6) is 1.51. The maximum atomic E-state index is 6.61. The van der Waals surface area contributed by atoms with Crippen molar-refractivity contribution in [3.8, 4) is 6.01 Å². The number of nitrogens with zero attached hydrogens (tertiary/aromatic N) is 7. The second-order valence-electron chi connectivity index (χ2n) is 13.4. The van der Waals surface area contributed by atoms with Gasteiger partial charge in [0, 0.05) is 56.8 Å². The molecule has 9 nitrogen and oxygen atoms in total. The van der Waals surface area contributed by atoms with E-state index in [-0.39, 0.29) is 11.5 Å². The molecule has 2 aromatic heterocycles. The van der Waals surface area contributed by atoms with Gasteiger partial charge in [0.25, 0.3) is 0 Å². The summed E-state index contributed by atoms with van der Waals surface area (Å²) in [6.07, 6.45) is 10.2. The number of hydrogen-bond donors (Lipinski definition) is 1. The maximum Gasteiger partial charge on any atom is 0.318 e. The van der Waals surface area contributed by atoms with Crippen LogP contribution in [0.5, 0.6) is 6.01 Å². The van der Waals surface area contributed by atoms with E-state index in [1.165, 1.54) is 66.2 Å². The van der Waals surface area contributed by atoms with Crippen LogP contribution in [0.2, 0.25) is 0 Å². The second-order valence-corrected chi connectivity index (χ2v) is 13.4. The highest BCUT2D eigenvalue weighted by atomic mass is 16.5. The maximum absolute atomic E-state index is 6.61. The lowest BCUT2D eigenvalue weighted by Crippen LogP contribution is -2.44. The van der Waals surface area contributed by atoms with E-state index in [4.69, 9.17) is 14.7 Å². The van der Waals surface area contributed by atoms with Crippen LogP contribution in [0.4, 0.5) is 5.82 Å². The van der Waals surface area contributed by atoms with E-state index >= 15 is 0 Å². The first-order valence-corrected chi connectivity index (χ1v) is 16.7. The minimum atomic E-state index is 0.148. The molecule has 9 heteroatoms. The SMILES string of the molecule is CCc1cccc2cccc(C3CNCc4nc(OCC56CCCN5CCC6)nc(N5CCCC(c6cn(C)nn6)C5)c43)c12. The van der Waals surface area contributed by atoms with Gasteiger partial charge in [0.2, 0.25) is 0 Å². The summed E-state index contributed by atoms with van der Waals surface area (Å²) in [5, 5.41) is 15.2. The molecule has 44 heavy (non-hydrogen) atoms. The van der Waals surface area contributed by atoms with Crippen molar-refractivity contribution in [1.82, 2.24) is 35.2 Å². The molecule has 1 N–H and O–H groups in total. The van der Waals surface area contributed by atoms with Gasteiger partial charge < -0.3 is 15.0 Å². The molecule has 4 aromatic rings. The van der Waals surface area contributed by atoms with Gasteiger partial charge in [0.05, 0.1) is 16.9 Å². The van der Waals surface area contributed by atoms with E-state index in [0.717, 1.165) is 62.6 Å². The van der Waals surface area contributed by atoms with Crippen molar-refractivity contribution >= 4 is 16.6 Å². The van der Waals surface area contributed by atoms with Crippen molar-refractivity contribution < 1.29 is 4.74 Å². The molecule has 0 radical (unpaired) electrons. The van der Waals surface area contributed by atoms with Crippen LogP contribution in [0.1, 0.15) is 85.4 Å². The van der Waals surface area contributed by atoms with E-state index in [1.807, 2.05) is 11.7 Å². The van der Waals surface area contributed by atoms with Crippen LogP contribution in [0.3, 0.4) is 0 Å². The third-order valence-electron chi connectivity index (χ3n) is 10.8. The van der Waals surface area contributed by atoms with Crippen molar-refractivity contribution in [1.29, 1.82) is 0 Å². The summed E-state index contributed by atoms with van der Waals surface area (Å²) in [6, 6.07) is 14.0. The fraction of sp³-hybridized carbons (Fsp3) is 0.543. The molecule has 3 fully saturated rings. The Morgan fingerprint density at radius 1 is 1.02 bits per heavy atom. The molecular weight excluding hydrogens is 548 g/mol. The van der Waals surface area contributed by atoms with Crippen molar-refractivity contribution in [2.24, 2.45) is 7.05 Å². The zero-order valence-corrected chi connectivity index (χ0v) is 26.1. The molecule has 4 aliphatic rings. The summed E-state index contributed by atoms with van der Waals surface area (Å²) in [4.78, 5) is 15.6. The standard InChI is InChI=1S/C35H44N8O/c1-3-24-9-4-10-25-11-5-13-27(31(24)25)28-19-36-20-29-32(28)33(42-16-6-12-26(21-42)30-22-41(2)40-39-30)38-34(37-29)44-23-35-14-7-17-43(35)18-8-15-35/h4-5,9-11,13,22,26,28,36H,3,6-8,12,14-21,23H2,1-2H3. The van der Waals surface area contributed by atoms with Crippen molar-refractivity contribution in [3.05, 3.63) is 70.7 Å². The number of benzene rings is 2. The Hall–Kier alpha value is -3.56. The van der Waals surface area contributed by atoms with Gasteiger partial charge in [-0.15, -0.1) is 5.10 Å². The number of fused-ring (bicyclic) bond motifs is 3. The highest BCUT2D eigenvalue weighted by Crippen LogP contribution is 2.43. The summed E-state index contributed by atoms with van der Waals surface area (Å²) < 4.78 is 8.43. The van der Waals surface area contributed by atoms with E-state index < -0.39 is 0 Å². The van der Waals surface area contributed by atoms with Crippen LogP contribution in [0.25, 0.3) is 10.8 Å². The molecule has 2 aromatic carbocycles. The van der Waals surface area contributed by atoms with E-state index in [1.54, 1.807) is 0 Å². The van der Waals surface area contributed by atoms with Crippen LogP contribution < -0.4 is 15.0 Å². The number of rotatable bonds is 7. The average Bonchev–Trinajstić information content (AvgIpc) is 3.79. The van der Waals surface area contributed by atoms with E-state index in [2.05, 4.69) is 74.9 Å². The Morgan fingerprint density at radius 2 is 1.86 bits per heavy atom. The Kier molecular flexibility index (Phi) is 7.25. The second kappa shape index (κ2) is 11.4. The predicted octanol–water partition coefficient (Wildman–Crippen LogP) is 4.95. The van der Waals surface area contributed by atoms with E-state index in [0.29, 0.717) is 18.5 Å². The third kappa shape index (κ3) is 4.85. The molecule has 3 saturated heterocycles. The molecule has 0 amide bonds. The fourth-order valence-corrected chi connectivity index (χ4v) is 8.64. The monoisotopic (exact) mass is 592 g/mol. The average molecular weight is 593 g/mol. The summed E-state index contributed by atoms with van der Waals surface area (Å²) >= 11 is 0. The first-order valence-electron chi connectivity index (χ1n) is 16.7. The molecular formula is C35H44N8O. The topological polar surface area (TPSA) is 84.2 Å². The van der Waals surface area contributed by atoms with Crippen molar-refractivity contribution in [2.45, 2.75) is 75.8 Å². The van der Waals surface area contributed by atoms with Crippen molar-refractivity contribution in [3.63, 3.8) is 0 Å². The highest BCUT2D eigenvalue weighted by Gasteiger charge is 2.45. The largest absolute Gasteiger partial charge is 0.461 e. The minimum absolute atomic E-state index is 0.148. The first kappa shape index (κ1) is 28.0. The summed E-state index contributed by atoms with van der Waals surface area (Å²) in [6.45, 7) is 8.73. The Labute approximate surface area is 260 Å².